The molecule has 1 fully saturated rings. The van der Waals surface area contributed by atoms with Gasteiger partial charge < -0.3 is 4.90 Å². The second-order valence-corrected chi connectivity index (χ2v) is 5.09. The molecule has 1 atom stereocenters. The first kappa shape index (κ1) is 11.5. The quantitative estimate of drug-likeness (QED) is 0.790. The van der Waals surface area contributed by atoms with E-state index < -0.39 is 0 Å². The van der Waals surface area contributed by atoms with E-state index in [0.717, 1.165) is 17.9 Å². The molecule has 1 aromatic carbocycles. The number of benzene rings is 1. The van der Waals surface area contributed by atoms with Crippen molar-refractivity contribution in [3.63, 3.8) is 0 Å². The Morgan fingerprint density at radius 2 is 2.12 bits per heavy atom. The summed E-state index contributed by atoms with van der Waals surface area (Å²) < 4.78 is 12.7. The molecule has 1 saturated heterocycles. The molecule has 0 radical (unpaired) electrons. The SMILES string of the molecule is CN(C(=O)c1ccc(F)cc1)C1CCSC1. The van der Waals surface area contributed by atoms with Gasteiger partial charge in [0, 0.05) is 24.4 Å². The van der Waals surface area contributed by atoms with Crippen LogP contribution in [0.5, 0.6) is 0 Å². The van der Waals surface area contributed by atoms with Crippen molar-refractivity contribution < 1.29 is 9.18 Å². The van der Waals surface area contributed by atoms with Gasteiger partial charge in [0.1, 0.15) is 5.82 Å². The summed E-state index contributed by atoms with van der Waals surface area (Å²) in [7, 11) is 1.82. The average molecular weight is 239 g/mol. The minimum absolute atomic E-state index is 0.0208. The zero-order valence-electron chi connectivity index (χ0n) is 9.15. The van der Waals surface area contributed by atoms with Crippen LogP contribution in [0.15, 0.2) is 24.3 Å². The van der Waals surface area contributed by atoms with E-state index in [0.29, 0.717) is 11.6 Å². The number of hydrogen-bond donors (Lipinski definition) is 0. The van der Waals surface area contributed by atoms with Crippen LogP contribution in [0.1, 0.15) is 16.8 Å². The Labute approximate surface area is 98.8 Å². The van der Waals surface area contributed by atoms with Crippen LogP contribution in [0, 0.1) is 5.82 Å². The zero-order valence-corrected chi connectivity index (χ0v) is 9.97. The number of nitrogens with zero attached hydrogens (tertiary/aromatic N) is 1. The number of hydrogen-bond acceptors (Lipinski definition) is 2. The molecule has 1 heterocycles. The zero-order chi connectivity index (χ0) is 11.5. The lowest BCUT2D eigenvalue weighted by Crippen LogP contribution is -2.36. The molecule has 1 unspecified atom stereocenters. The summed E-state index contributed by atoms with van der Waals surface area (Å²) in [6.07, 6.45) is 1.05. The van der Waals surface area contributed by atoms with Crippen LogP contribution in [-0.2, 0) is 0 Å². The van der Waals surface area contributed by atoms with Crippen LogP contribution in [0.3, 0.4) is 0 Å². The summed E-state index contributed by atoms with van der Waals surface area (Å²) in [5, 5.41) is 0. The lowest BCUT2D eigenvalue weighted by molar-refractivity contribution is 0.0748. The maximum absolute atomic E-state index is 12.7. The first-order valence-corrected chi connectivity index (χ1v) is 6.44. The predicted molar refractivity (Wildman–Crippen MR) is 64.2 cm³/mol. The molecule has 1 aliphatic heterocycles. The summed E-state index contributed by atoms with van der Waals surface area (Å²) in [6.45, 7) is 0. The Balaban J connectivity index is 2.08. The highest BCUT2D eigenvalue weighted by atomic mass is 32.2. The summed E-state index contributed by atoms with van der Waals surface area (Å²) in [5.41, 5.74) is 0.556. The molecule has 0 saturated carbocycles. The van der Waals surface area contributed by atoms with Crippen LogP contribution in [0.25, 0.3) is 0 Å². The number of carbonyl (C=O) groups excluding carboxylic acids is 1. The van der Waals surface area contributed by atoms with Crippen LogP contribution < -0.4 is 0 Å². The highest BCUT2D eigenvalue weighted by Crippen LogP contribution is 2.22. The van der Waals surface area contributed by atoms with Gasteiger partial charge in [0.15, 0.2) is 0 Å². The molecule has 2 rings (SSSR count). The molecule has 4 heteroatoms. The highest BCUT2D eigenvalue weighted by Gasteiger charge is 2.24. The fraction of sp³-hybridized carbons (Fsp3) is 0.417. The second kappa shape index (κ2) is 4.87. The first-order valence-electron chi connectivity index (χ1n) is 5.29. The first-order chi connectivity index (χ1) is 7.68. The fourth-order valence-electron chi connectivity index (χ4n) is 1.79. The second-order valence-electron chi connectivity index (χ2n) is 3.94. The van der Waals surface area contributed by atoms with Crippen molar-refractivity contribution in [3.05, 3.63) is 35.6 Å². The molecular weight excluding hydrogens is 225 g/mol. The molecule has 1 amide bonds. The lowest BCUT2D eigenvalue weighted by atomic mass is 10.1. The van der Waals surface area contributed by atoms with Gasteiger partial charge in [-0.3, -0.25) is 4.79 Å². The molecule has 0 bridgehead atoms. The summed E-state index contributed by atoms with van der Waals surface area (Å²) in [4.78, 5) is 13.8. The number of amides is 1. The molecule has 0 aliphatic carbocycles. The fourth-order valence-corrected chi connectivity index (χ4v) is 3.06. The van der Waals surface area contributed by atoms with Gasteiger partial charge >= 0.3 is 0 Å². The molecule has 86 valence electrons. The third kappa shape index (κ3) is 2.38. The monoisotopic (exact) mass is 239 g/mol. The van der Waals surface area contributed by atoms with E-state index in [-0.39, 0.29) is 11.7 Å². The van der Waals surface area contributed by atoms with E-state index >= 15 is 0 Å². The largest absolute Gasteiger partial charge is 0.338 e. The molecule has 1 aliphatic rings. The normalized spacial score (nSPS) is 19.8. The van der Waals surface area contributed by atoms with Crippen LogP contribution in [-0.4, -0.2) is 35.4 Å². The van der Waals surface area contributed by atoms with Crippen LogP contribution >= 0.6 is 11.8 Å². The maximum Gasteiger partial charge on any atom is 0.253 e. The van der Waals surface area contributed by atoms with Gasteiger partial charge in [-0.25, -0.2) is 4.39 Å². The number of rotatable bonds is 2. The summed E-state index contributed by atoms with van der Waals surface area (Å²) in [6, 6.07) is 6.05. The summed E-state index contributed by atoms with van der Waals surface area (Å²) in [5.74, 6) is 1.79. The molecule has 16 heavy (non-hydrogen) atoms. The Morgan fingerprint density at radius 3 is 2.69 bits per heavy atom. The van der Waals surface area contributed by atoms with Crippen molar-refractivity contribution in [2.24, 2.45) is 0 Å². The standard InChI is InChI=1S/C12H14FNOS/c1-14(11-6-7-16-8-11)12(15)9-2-4-10(13)5-3-9/h2-5,11H,6-8H2,1H3. The van der Waals surface area contributed by atoms with Crippen LogP contribution in [0.4, 0.5) is 4.39 Å². The van der Waals surface area contributed by atoms with Gasteiger partial charge in [0.25, 0.3) is 5.91 Å². The third-order valence-electron chi connectivity index (χ3n) is 2.86. The number of halogens is 1. The number of carbonyl (C=O) groups is 1. The highest BCUT2D eigenvalue weighted by molar-refractivity contribution is 7.99. The van der Waals surface area contributed by atoms with Crippen molar-refractivity contribution >= 4 is 17.7 Å². The molecule has 1 aromatic rings. The minimum Gasteiger partial charge on any atom is -0.338 e. The third-order valence-corrected chi connectivity index (χ3v) is 4.01. The van der Waals surface area contributed by atoms with Crippen molar-refractivity contribution in [2.75, 3.05) is 18.6 Å². The minimum atomic E-state index is -0.310. The van der Waals surface area contributed by atoms with Crippen molar-refractivity contribution in [1.29, 1.82) is 0 Å². The Kier molecular flexibility index (Phi) is 3.49. The average Bonchev–Trinajstić information content (AvgIpc) is 2.81. The molecular formula is C12H14FNOS. The van der Waals surface area contributed by atoms with Crippen molar-refractivity contribution in [1.82, 2.24) is 4.90 Å². The van der Waals surface area contributed by atoms with E-state index in [2.05, 4.69) is 0 Å². The topological polar surface area (TPSA) is 20.3 Å². The van der Waals surface area contributed by atoms with Crippen LogP contribution in [0.2, 0.25) is 0 Å². The predicted octanol–water partition coefficient (Wildman–Crippen LogP) is 2.40. The number of thioether (sulfide) groups is 1. The Bertz CT molecular complexity index is 373. The van der Waals surface area contributed by atoms with Crippen molar-refractivity contribution in [3.8, 4) is 0 Å². The molecule has 2 nitrogen and oxygen atoms in total. The van der Waals surface area contributed by atoms with Gasteiger partial charge in [-0.05, 0) is 36.4 Å². The van der Waals surface area contributed by atoms with E-state index in [4.69, 9.17) is 0 Å². The van der Waals surface area contributed by atoms with Gasteiger partial charge in [0.05, 0.1) is 0 Å². The molecule has 0 spiro atoms. The lowest BCUT2D eigenvalue weighted by Gasteiger charge is -2.23. The van der Waals surface area contributed by atoms with Gasteiger partial charge in [-0.15, -0.1) is 0 Å². The van der Waals surface area contributed by atoms with E-state index in [9.17, 15) is 9.18 Å². The van der Waals surface area contributed by atoms with E-state index in [1.807, 2.05) is 18.8 Å². The van der Waals surface area contributed by atoms with Crippen molar-refractivity contribution in [2.45, 2.75) is 12.5 Å². The molecule has 0 N–H and O–H groups in total. The van der Waals surface area contributed by atoms with Gasteiger partial charge in [-0.1, -0.05) is 0 Å². The Morgan fingerprint density at radius 1 is 1.44 bits per heavy atom. The smallest absolute Gasteiger partial charge is 0.253 e. The summed E-state index contributed by atoms with van der Waals surface area (Å²) >= 11 is 1.87. The Hall–Kier alpha value is -1.03. The van der Waals surface area contributed by atoms with E-state index in [1.165, 1.54) is 24.3 Å². The van der Waals surface area contributed by atoms with Gasteiger partial charge in [-0.2, -0.15) is 11.8 Å². The van der Waals surface area contributed by atoms with E-state index in [1.54, 1.807) is 4.90 Å². The molecule has 0 aromatic heterocycles. The van der Waals surface area contributed by atoms with Gasteiger partial charge in [0.2, 0.25) is 0 Å². The maximum atomic E-state index is 12.7.